The Morgan fingerprint density at radius 2 is 2.00 bits per heavy atom. The topological polar surface area (TPSA) is 21.3 Å². The van der Waals surface area contributed by atoms with Gasteiger partial charge in [-0.25, -0.2) is 0 Å². The highest BCUT2D eigenvalue weighted by molar-refractivity contribution is 7.10. The van der Waals surface area contributed by atoms with Crippen LogP contribution < -0.4 is 10.1 Å². The first-order chi connectivity index (χ1) is 9.15. The molecule has 3 atom stereocenters. The van der Waals surface area contributed by atoms with Gasteiger partial charge in [-0.3, -0.25) is 0 Å². The summed E-state index contributed by atoms with van der Waals surface area (Å²) in [4.78, 5) is 1.38. The molecule has 0 saturated heterocycles. The molecule has 1 aromatic rings. The predicted octanol–water partition coefficient (Wildman–Crippen LogP) is 4.48. The number of ether oxygens (including phenoxy) is 1. The smallest absolute Gasteiger partial charge is 0.134 e. The SMILES string of the molecule is CCNC(c1sccc1OC)C1CC(C)CC(C)C1. The molecule has 1 aliphatic carbocycles. The van der Waals surface area contributed by atoms with E-state index in [-0.39, 0.29) is 0 Å². The molecule has 1 aromatic heterocycles. The lowest BCUT2D eigenvalue weighted by Gasteiger charge is -2.36. The third kappa shape index (κ3) is 3.51. The third-order valence-corrected chi connectivity index (χ3v) is 5.25. The molecule has 2 nitrogen and oxygen atoms in total. The minimum atomic E-state index is 0.463. The largest absolute Gasteiger partial charge is 0.496 e. The lowest BCUT2D eigenvalue weighted by Crippen LogP contribution is -2.33. The molecule has 0 radical (unpaired) electrons. The molecule has 0 bridgehead atoms. The number of rotatable bonds is 5. The van der Waals surface area contributed by atoms with Crippen LogP contribution in [0.1, 0.15) is 51.0 Å². The van der Waals surface area contributed by atoms with Gasteiger partial charge in [0.1, 0.15) is 5.75 Å². The molecule has 1 fully saturated rings. The van der Waals surface area contributed by atoms with E-state index >= 15 is 0 Å². The van der Waals surface area contributed by atoms with E-state index in [2.05, 4.69) is 37.5 Å². The second-order valence-electron chi connectivity index (χ2n) is 6.07. The fourth-order valence-electron chi connectivity index (χ4n) is 3.68. The van der Waals surface area contributed by atoms with E-state index in [0.29, 0.717) is 6.04 Å². The van der Waals surface area contributed by atoms with Crippen LogP contribution in [-0.4, -0.2) is 13.7 Å². The fourth-order valence-corrected chi connectivity index (χ4v) is 4.71. The molecule has 0 spiro atoms. The van der Waals surface area contributed by atoms with Crippen molar-refractivity contribution in [1.82, 2.24) is 5.32 Å². The summed E-state index contributed by atoms with van der Waals surface area (Å²) in [6.45, 7) is 8.02. The second-order valence-corrected chi connectivity index (χ2v) is 7.01. The van der Waals surface area contributed by atoms with Crippen LogP contribution in [0.5, 0.6) is 5.75 Å². The van der Waals surface area contributed by atoms with Gasteiger partial charge in [0.05, 0.1) is 12.0 Å². The van der Waals surface area contributed by atoms with Gasteiger partial charge in [-0.1, -0.05) is 20.8 Å². The third-order valence-electron chi connectivity index (χ3n) is 4.27. The lowest BCUT2D eigenvalue weighted by molar-refractivity contribution is 0.177. The van der Waals surface area contributed by atoms with Gasteiger partial charge >= 0.3 is 0 Å². The van der Waals surface area contributed by atoms with Gasteiger partial charge in [0.25, 0.3) is 0 Å². The van der Waals surface area contributed by atoms with Crippen molar-refractivity contribution >= 4 is 11.3 Å². The van der Waals surface area contributed by atoms with Crippen molar-refractivity contribution in [2.75, 3.05) is 13.7 Å². The van der Waals surface area contributed by atoms with Crippen LogP contribution >= 0.6 is 11.3 Å². The molecule has 2 rings (SSSR count). The first-order valence-electron chi connectivity index (χ1n) is 7.50. The van der Waals surface area contributed by atoms with E-state index in [1.807, 2.05) is 11.3 Å². The van der Waals surface area contributed by atoms with Crippen molar-refractivity contribution in [3.63, 3.8) is 0 Å². The zero-order valence-corrected chi connectivity index (χ0v) is 13.4. The Balaban J connectivity index is 2.19. The highest BCUT2D eigenvalue weighted by Gasteiger charge is 2.32. The minimum Gasteiger partial charge on any atom is -0.496 e. The summed E-state index contributed by atoms with van der Waals surface area (Å²) in [5.74, 6) is 3.50. The molecule has 0 amide bonds. The zero-order chi connectivity index (χ0) is 13.8. The standard InChI is InChI=1S/C16H27NOS/c1-5-17-15(16-14(18-4)6-7-19-16)13-9-11(2)8-12(3)10-13/h6-7,11-13,15,17H,5,8-10H2,1-4H3. The molecule has 0 aliphatic heterocycles. The monoisotopic (exact) mass is 281 g/mol. The van der Waals surface area contributed by atoms with Crippen LogP contribution in [0, 0.1) is 17.8 Å². The molecular weight excluding hydrogens is 254 g/mol. The van der Waals surface area contributed by atoms with Crippen molar-refractivity contribution in [1.29, 1.82) is 0 Å². The first kappa shape index (κ1) is 14.9. The summed E-state index contributed by atoms with van der Waals surface area (Å²) in [6, 6.07) is 2.56. The lowest BCUT2D eigenvalue weighted by atomic mass is 9.73. The van der Waals surface area contributed by atoms with Gasteiger partial charge in [0, 0.05) is 6.04 Å². The number of nitrogens with one attached hydrogen (secondary N) is 1. The van der Waals surface area contributed by atoms with Gasteiger partial charge < -0.3 is 10.1 Å². The van der Waals surface area contributed by atoms with Crippen LogP contribution in [-0.2, 0) is 0 Å². The molecule has 1 N–H and O–H groups in total. The maximum atomic E-state index is 5.53. The van der Waals surface area contributed by atoms with E-state index in [4.69, 9.17) is 4.74 Å². The number of thiophene rings is 1. The van der Waals surface area contributed by atoms with E-state index in [1.165, 1.54) is 24.1 Å². The van der Waals surface area contributed by atoms with E-state index in [0.717, 1.165) is 30.0 Å². The average molecular weight is 281 g/mol. The zero-order valence-electron chi connectivity index (χ0n) is 12.6. The molecule has 3 unspecified atom stereocenters. The molecule has 19 heavy (non-hydrogen) atoms. The molecular formula is C16H27NOS. The van der Waals surface area contributed by atoms with Crippen molar-refractivity contribution in [2.24, 2.45) is 17.8 Å². The molecule has 1 aliphatic rings. The Labute approximate surface area is 121 Å². The molecule has 1 heterocycles. The summed E-state index contributed by atoms with van der Waals surface area (Å²) in [5.41, 5.74) is 0. The Kier molecular flexibility index (Phi) is 5.28. The minimum absolute atomic E-state index is 0.463. The van der Waals surface area contributed by atoms with Crippen molar-refractivity contribution in [3.8, 4) is 5.75 Å². The Morgan fingerprint density at radius 3 is 2.58 bits per heavy atom. The van der Waals surface area contributed by atoms with Gasteiger partial charge in [-0.2, -0.15) is 0 Å². The van der Waals surface area contributed by atoms with Gasteiger partial charge in [0.2, 0.25) is 0 Å². The van der Waals surface area contributed by atoms with Crippen LogP contribution in [0.2, 0.25) is 0 Å². The summed E-state index contributed by atoms with van der Waals surface area (Å²) >= 11 is 1.83. The van der Waals surface area contributed by atoms with Gasteiger partial charge in [0.15, 0.2) is 0 Å². The van der Waals surface area contributed by atoms with Crippen molar-refractivity contribution in [3.05, 3.63) is 16.3 Å². The highest BCUT2D eigenvalue weighted by Crippen LogP contribution is 2.43. The maximum absolute atomic E-state index is 5.53. The van der Waals surface area contributed by atoms with Crippen molar-refractivity contribution < 1.29 is 4.74 Å². The molecule has 108 valence electrons. The highest BCUT2D eigenvalue weighted by atomic mass is 32.1. The van der Waals surface area contributed by atoms with Gasteiger partial charge in [-0.15, -0.1) is 11.3 Å². The fraction of sp³-hybridized carbons (Fsp3) is 0.750. The molecule has 3 heteroatoms. The Morgan fingerprint density at radius 1 is 1.32 bits per heavy atom. The number of hydrogen-bond acceptors (Lipinski definition) is 3. The van der Waals surface area contributed by atoms with Crippen molar-refractivity contribution in [2.45, 2.75) is 46.1 Å². The first-order valence-corrected chi connectivity index (χ1v) is 8.38. The van der Waals surface area contributed by atoms with E-state index in [9.17, 15) is 0 Å². The van der Waals surface area contributed by atoms with Gasteiger partial charge in [-0.05, 0) is 55.0 Å². The van der Waals surface area contributed by atoms with Crippen LogP contribution in [0.3, 0.4) is 0 Å². The normalized spacial score (nSPS) is 29.2. The summed E-state index contributed by atoms with van der Waals surface area (Å²) in [6.07, 6.45) is 4.06. The predicted molar refractivity (Wildman–Crippen MR) is 83.0 cm³/mol. The van der Waals surface area contributed by atoms with E-state index in [1.54, 1.807) is 7.11 Å². The van der Waals surface area contributed by atoms with E-state index < -0.39 is 0 Å². The number of hydrogen-bond donors (Lipinski definition) is 1. The summed E-state index contributed by atoms with van der Waals surface area (Å²) in [5, 5.41) is 5.85. The summed E-state index contributed by atoms with van der Waals surface area (Å²) in [7, 11) is 1.78. The molecule has 1 saturated carbocycles. The van der Waals surface area contributed by atoms with Crippen LogP contribution in [0.15, 0.2) is 11.4 Å². The maximum Gasteiger partial charge on any atom is 0.134 e. The van der Waals surface area contributed by atoms with Crippen LogP contribution in [0.25, 0.3) is 0 Å². The second kappa shape index (κ2) is 6.76. The Hall–Kier alpha value is -0.540. The summed E-state index contributed by atoms with van der Waals surface area (Å²) < 4.78 is 5.53. The quantitative estimate of drug-likeness (QED) is 0.859. The number of methoxy groups -OCH3 is 1. The average Bonchev–Trinajstić information content (AvgIpc) is 2.82. The Bertz CT molecular complexity index is 380. The van der Waals surface area contributed by atoms with Crippen LogP contribution in [0.4, 0.5) is 0 Å². The molecule has 0 aromatic carbocycles.